The highest BCUT2D eigenvalue weighted by atomic mass is 79.9. The van der Waals surface area contributed by atoms with Crippen LogP contribution in [-0.2, 0) is 14.3 Å². The molecular formula is C17H20BrFN2O4. The third kappa shape index (κ3) is 4.18. The number of amides is 1. The van der Waals surface area contributed by atoms with E-state index in [-0.39, 0.29) is 35.1 Å². The van der Waals surface area contributed by atoms with Gasteiger partial charge in [-0.1, -0.05) is 6.92 Å². The van der Waals surface area contributed by atoms with Crippen molar-refractivity contribution in [2.45, 2.75) is 27.2 Å². The van der Waals surface area contributed by atoms with Crippen LogP contribution < -0.4 is 10.2 Å². The van der Waals surface area contributed by atoms with Crippen LogP contribution in [-0.4, -0.2) is 31.3 Å². The number of ether oxygens (including phenoxy) is 2. The molecule has 0 fully saturated rings. The van der Waals surface area contributed by atoms with Gasteiger partial charge in [-0.2, -0.15) is 5.10 Å². The van der Waals surface area contributed by atoms with Crippen molar-refractivity contribution in [3.8, 4) is 5.75 Å². The molecule has 1 aromatic carbocycles. The summed E-state index contributed by atoms with van der Waals surface area (Å²) >= 11 is 3.19. The molecule has 25 heavy (non-hydrogen) atoms. The molecule has 1 aliphatic heterocycles. The van der Waals surface area contributed by atoms with Crippen molar-refractivity contribution in [1.82, 2.24) is 5.43 Å². The number of carbonyl (C=O) groups excluding carboxylic acids is 2. The van der Waals surface area contributed by atoms with Gasteiger partial charge in [0.2, 0.25) is 5.91 Å². The number of halogens is 2. The van der Waals surface area contributed by atoms with E-state index in [2.05, 4.69) is 26.5 Å². The number of rotatable bonds is 5. The molecule has 0 saturated carbocycles. The number of nitrogens with zero attached hydrogens (tertiary/aromatic N) is 1. The molecule has 1 aliphatic rings. The first-order valence-electron chi connectivity index (χ1n) is 7.73. The molecule has 1 unspecified atom stereocenters. The lowest BCUT2D eigenvalue weighted by atomic mass is 9.93. The van der Waals surface area contributed by atoms with Gasteiger partial charge in [0.05, 0.1) is 22.7 Å². The lowest BCUT2D eigenvalue weighted by Crippen LogP contribution is -2.33. The number of hydrazone groups is 1. The van der Waals surface area contributed by atoms with Gasteiger partial charge in [0.15, 0.2) is 0 Å². The predicted octanol–water partition coefficient (Wildman–Crippen LogP) is 3.03. The van der Waals surface area contributed by atoms with Gasteiger partial charge in [-0.25, -0.2) is 9.82 Å². The van der Waals surface area contributed by atoms with E-state index in [0.29, 0.717) is 11.3 Å². The number of hydrogen-bond acceptors (Lipinski definition) is 5. The normalized spacial score (nSPS) is 17.6. The van der Waals surface area contributed by atoms with Crippen molar-refractivity contribution in [2.24, 2.45) is 16.4 Å². The van der Waals surface area contributed by atoms with Crippen LogP contribution in [0.3, 0.4) is 0 Å². The Labute approximate surface area is 153 Å². The Hall–Kier alpha value is -1.96. The molecule has 1 aromatic rings. The quantitative estimate of drug-likeness (QED) is 0.751. The molecule has 0 saturated heterocycles. The zero-order valence-electron chi connectivity index (χ0n) is 14.5. The van der Waals surface area contributed by atoms with Crippen molar-refractivity contribution in [3.05, 3.63) is 28.0 Å². The Morgan fingerprint density at radius 2 is 2.16 bits per heavy atom. The van der Waals surface area contributed by atoms with Gasteiger partial charge in [0, 0.05) is 17.9 Å². The fourth-order valence-corrected chi connectivity index (χ4v) is 2.87. The van der Waals surface area contributed by atoms with Crippen molar-refractivity contribution in [2.75, 3.05) is 13.7 Å². The van der Waals surface area contributed by atoms with Crippen molar-refractivity contribution in [1.29, 1.82) is 0 Å². The number of benzene rings is 1. The molecule has 0 radical (unpaired) electrons. The Morgan fingerprint density at radius 3 is 2.76 bits per heavy atom. The molecule has 6 nitrogen and oxygen atoms in total. The first kappa shape index (κ1) is 19.4. The van der Waals surface area contributed by atoms with Gasteiger partial charge in [-0.05, 0) is 41.9 Å². The minimum Gasteiger partial charge on any atom is -0.491 e. The topological polar surface area (TPSA) is 77.0 Å². The lowest BCUT2D eigenvalue weighted by molar-refractivity contribution is -0.152. The SMILES string of the molecule is COC(=O)C(C)(C)COc1ccc(C2=NNC(=O)CC2C)c(F)c1Br. The average molecular weight is 415 g/mol. The number of esters is 1. The second-order valence-electron chi connectivity index (χ2n) is 6.54. The number of carbonyl (C=O) groups is 2. The molecule has 0 aliphatic carbocycles. The lowest BCUT2D eigenvalue weighted by Gasteiger charge is -2.23. The van der Waals surface area contributed by atoms with Crippen LogP contribution in [0.1, 0.15) is 32.8 Å². The predicted molar refractivity (Wildman–Crippen MR) is 93.9 cm³/mol. The first-order valence-corrected chi connectivity index (χ1v) is 8.52. The number of nitrogens with one attached hydrogen (secondary N) is 1. The molecule has 1 N–H and O–H groups in total. The van der Waals surface area contributed by atoms with E-state index in [1.54, 1.807) is 26.0 Å². The van der Waals surface area contributed by atoms with E-state index in [9.17, 15) is 14.0 Å². The van der Waals surface area contributed by atoms with E-state index < -0.39 is 17.2 Å². The van der Waals surface area contributed by atoms with Crippen molar-refractivity contribution in [3.63, 3.8) is 0 Å². The minimum absolute atomic E-state index is 0.0322. The van der Waals surface area contributed by atoms with Gasteiger partial charge in [0.25, 0.3) is 0 Å². The summed E-state index contributed by atoms with van der Waals surface area (Å²) in [6.45, 7) is 5.20. The summed E-state index contributed by atoms with van der Waals surface area (Å²) in [6.07, 6.45) is 0.251. The summed E-state index contributed by atoms with van der Waals surface area (Å²) in [5.41, 5.74) is 2.27. The third-order valence-electron chi connectivity index (χ3n) is 3.91. The summed E-state index contributed by atoms with van der Waals surface area (Å²) < 4.78 is 25.2. The second-order valence-corrected chi connectivity index (χ2v) is 7.33. The summed E-state index contributed by atoms with van der Waals surface area (Å²) in [5.74, 6) is -1.07. The Bertz CT molecular complexity index is 734. The zero-order chi connectivity index (χ0) is 18.8. The van der Waals surface area contributed by atoms with Crippen LogP contribution in [0, 0.1) is 17.2 Å². The van der Waals surface area contributed by atoms with Gasteiger partial charge >= 0.3 is 5.97 Å². The Kier molecular flexibility index (Phi) is 5.82. The Morgan fingerprint density at radius 1 is 1.48 bits per heavy atom. The maximum Gasteiger partial charge on any atom is 0.314 e. The van der Waals surface area contributed by atoms with Gasteiger partial charge in [-0.3, -0.25) is 9.59 Å². The highest BCUT2D eigenvalue weighted by Gasteiger charge is 2.31. The molecule has 0 spiro atoms. The fourth-order valence-electron chi connectivity index (χ4n) is 2.41. The molecule has 1 atom stereocenters. The van der Waals surface area contributed by atoms with Crippen LogP contribution >= 0.6 is 15.9 Å². The molecular weight excluding hydrogens is 395 g/mol. The Balaban J connectivity index is 2.23. The monoisotopic (exact) mass is 414 g/mol. The molecule has 2 rings (SSSR count). The van der Waals surface area contributed by atoms with Crippen molar-refractivity contribution < 1.29 is 23.5 Å². The molecule has 1 heterocycles. The first-order chi connectivity index (χ1) is 11.7. The van der Waals surface area contributed by atoms with Crippen LogP contribution in [0.15, 0.2) is 21.7 Å². The summed E-state index contributed by atoms with van der Waals surface area (Å²) in [7, 11) is 1.30. The van der Waals surface area contributed by atoms with Gasteiger partial charge < -0.3 is 9.47 Å². The minimum atomic E-state index is -0.865. The van der Waals surface area contributed by atoms with E-state index in [1.165, 1.54) is 7.11 Å². The maximum atomic E-state index is 14.7. The number of methoxy groups -OCH3 is 1. The molecule has 0 aromatic heterocycles. The van der Waals surface area contributed by atoms with E-state index in [4.69, 9.17) is 9.47 Å². The third-order valence-corrected chi connectivity index (χ3v) is 4.65. The smallest absolute Gasteiger partial charge is 0.314 e. The largest absolute Gasteiger partial charge is 0.491 e. The number of hydrogen-bond donors (Lipinski definition) is 1. The highest BCUT2D eigenvalue weighted by molar-refractivity contribution is 9.10. The van der Waals surface area contributed by atoms with Gasteiger partial charge in [0.1, 0.15) is 18.2 Å². The van der Waals surface area contributed by atoms with Gasteiger partial charge in [-0.15, -0.1) is 0 Å². The van der Waals surface area contributed by atoms with Crippen molar-refractivity contribution >= 4 is 33.5 Å². The standard InChI is InChI=1S/C17H20BrFN2O4/c1-9-7-12(22)20-21-15(9)10-5-6-11(13(18)14(10)19)25-8-17(2,3)16(23)24-4/h5-6,9H,7-8H2,1-4H3,(H,20,22). The van der Waals surface area contributed by atoms with E-state index in [1.807, 2.05) is 6.92 Å². The second kappa shape index (κ2) is 7.51. The van der Waals surface area contributed by atoms with E-state index in [0.717, 1.165) is 0 Å². The van der Waals surface area contributed by atoms with E-state index >= 15 is 0 Å². The molecule has 1 amide bonds. The molecule has 0 bridgehead atoms. The maximum absolute atomic E-state index is 14.7. The van der Waals surface area contributed by atoms with Crippen LogP contribution in [0.2, 0.25) is 0 Å². The summed E-state index contributed by atoms with van der Waals surface area (Å²) in [6, 6.07) is 3.15. The molecule has 136 valence electrons. The van der Waals surface area contributed by atoms with Crippen LogP contribution in [0.25, 0.3) is 0 Å². The fraction of sp³-hybridized carbons (Fsp3) is 0.471. The highest BCUT2D eigenvalue weighted by Crippen LogP contribution is 2.33. The van der Waals surface area contributed by atoms with Crippen LogP contribution in [0.5, 0.6) is 5.75 Å². The summed E-state index contributed by atoms with van der Waals surface area (Å²) in [4.78, 5) is 23.0. The zero-order valence-corrected chi connectivity index (χ0v) is 16.1. The van der Waals surface area contributed by atoms with Crippen LogP contribution in [0.4, 0.5) is 4.39 Å². The average Bonchev–Trinajstić information content (AvgIpc) is 2.56. The summed E-state index contributed by atoms with van der Waals surface area (Å²) in [5, 5.41) is 3.97. The molecule has 8 heteroatoms.